The second-order valence-electron chi connectivity index (χ2n) is 5.73. The third-order valence-corrected chi connectivity index (χ3v) is 3.78. The number of aliphatic hydroxyl groups is 1. The summed E-state index contributed by atoms with van der Waals surface area (Å²) >= 11 is 0. The quantitative estimate of drug-likeness (QED) is 0.669. The van der Waals surface area contributed by atoms with Crippen molar-refractivity contribution >= 4 is 22.5 Å². The van der Waals surface area contributed by atoms with Crippen molar-refractivity contribution in [3.05, 3.63) is 54.2 Å². The molecule has 1 unspecified atom stereocenters. The lowest BCUT2D eigenvalue weighted by Crippen LogP contribution is -2.35. The fraction of sp³-hybridized carbons (Fsp3) is 0.222. The number of amides is 1. The average Bonchev–Trinajstić information content (AvgIpc) is 2.98. The lowest BCUT2D eigenvalue weighted by Gasteiger charge is -2.11. The molecule has 0 saturated heterocycles. The van der Waals surface area contributed by atoms with Crippen molar-refractivity contribution in [3.8, 4) is 5.69 Å². The highest BCUT2D eigenvalue weighted by Gasteiger charge is 2.14. The molecule has 0 fully saturated rings. The standard InChI is InChI=1S/C18H20N4O2/c1-12-4-3-5-15(8-12)22-16-9-14(7-6-13(16)10-20-22)21-18(24)17(23)11-19-2/h3-10,17,19,23H,11H2,1-2H3,(H,21,24). The third-order valence-electron chi connectivity index (χ3n) is 3.78. The molecule has 0 spiro atoms. The van der Waals surface area contributed by atoms with Gasteiger partial charge in [0, 0.05) is 17.6 Å². The van der Waals surface area contributed by atoms with Gasteiger partial charge in [-0.05, 0) is 49.9 Å². The first-order valence-electron chi connectivity index (χ1n) is 7.77. The van der Waals surface area contributed by atoms with Crippen LogP contribution in [0.25, 0.3) is 16.6 Å². The van der Waals surface area contributed by atoms with Crippen molar-refractivity contribution in [1.82, 2.24) is 15.1 Å². The van der Waals surface area contributed by atoms with Crippen molar-refractivity contribution in [2.45, 2.75) is 13.0 Å². The molecule has 1 atom stereocenters. The molecule has 0 aliphatic heterocycles. The predicted molar refractivity (Wildman–Crippen MR) is 94.4 cm³/mol. The Morgan fingerprint density at radius 1 is 1.29 bits per heavy atom. The molecule has 1 aromatic heterocycles. The maximum atomic E-state index is 12.0. The molecule has 24 heavy (non-hydrogen) atoms. The van der Waals surface area contributed by atoms with Crippen LogP contribution in [-0.2, 0) is 4.79 Å². The second-order valence-corrected chi connectivity index (χ2v) is 5.73. The van der Waals surface area contributed by atoms with Gasteiger partial charge in [0.15, 0.2) is 0 Å². The number of nitrogens with one attached hydrogen (secondary N) is 2. The molecule has 3 N–H and O–H groups in total. The molecule has 3 aromatic rings. The number of rotatable bonds is 5. The van der Waals surface area contributed by atoms with Crippen LogP contribution < -0.4 is 10.6 Å². The van der Waals surface area contributed by atoms with Crippen LogP contribution in [-0.4, -0.2) is 40.5 Å². The van der Waals surface area contributed by atoms with E-state index in [0.717, 1.165) is 22.2 Å². The maximum absolute atomic E-state index is 12.0. The zero-order valence-corrected chi connectivity index (χ0v) is 13.7. The summed E-state index contributed by atoms with van der Waals surface area (Å²) in [5.41, 5.74) is 3.62. The van der Waals surface area contributed by atoms with E-state index in [1.807, 2.05) is 48.0 Å². The minimum Gasteiger partial charge on any atom is -0.382 e. The van der Waals surface area contributed by atoms with E-state index >= 15 is 0 Å². The van der Waals surface area contributed by atoms with Crippen molar-refractivity contribution in [3.63, 3.8) is 0 Å². The summed E-state index contributed by atoms with van der Waals surface area (Å²) in [7, 11) is 1.68. The van der Waals surface area contributed by atoms with Crippen molar-refractivity contribution in [2.24, 2.45) is 0 Å². The van der Waals surface area contributed by atoms with E-state index in [1.165, 1.54) is 0 Å². The lowest BCUT2D eigenvalue weighted by molar-refractivity contribution is -0.123. The Hall–Kier alpha value is -2.70. The molecular weight excluding hydrogens is 304 g/mol. The molecule has 3 rings (SSSR count). The maximum Gasteiger partial charge on any atom is 0.254 e. The summed E-state index contributed by atoms with van der Waals surface area (Å²) in [4.78, 5) is 12.0. The number of carbonyl (C=O) groups is 1. The van der Waals surface area contributed by atoms with Crippen molar-refractivity contribution in [1.29, 1.82) is 0 Å². The summed E-state index contributed by atoms with van der Waals surface area (Å²) in [6, 6.07) is 13.6. The van der Waals surface area contributed by atoms with E-state index in [0.29, 0.717) is 5.69 Å². The summed E-state index contributed by atoms with van der Waals surface area (Å²) in [5, 5.41) is 20.6. The molecule has 0 saturated carbocycles. The Kier molecular flexibility index (Phi) is 4.59. The highest BCUT2D eigenvalue weighted by molar-refractivity contribution is 5.96. The van der Waals surface area contributed by atoms with Gasteiger partial charge in [0.1, 0.15) is 6.10 Å². The SMILES string of the molecule is CNCC(O)C(=O)Nc1ccc2cnn(-c3cccc(C)c3)c2c1. The molecule has 0 aliphatic rings. The fourth-order valence-corrected chi connectivity index (χ4v) is 2.57. The average molecular weight is 324 g/mol. The van der Waals surface area contributed by atoms with Crippen LogP contribution in [0.4, 0.5) is 5.69 Å². The molecular formula is C18H20N4O2. The van der Waals surface area contributed by atoms with Crippen LogP contribution in [0.15, 0.2) is 48.7 Å². The zero-order valence-electron chi connectivity index (χ0n) is 13.7. The molecule has 1 heterocycles. The predicted octanol–water partition coefficient (Wildman–Crippen LogP) is 1.85. The Bertz CT molecular complexity index is 872. The number of hydrogen-bond acceptors (Lipinski definition) is 4. The van der Waals surface area contributed by atoms with Gasteiger partial charge in [-0.1, -0.05) is 12.1 Å². The van der Waals surface area contributed by atoms with Crippen LogP contribution in [0, 0.1) is 6.92 Å². The first-order valence-corrected chi connectivity index (χ1v) is 7.77. The van der Waals surface area contributed by atoms with E-state index in [-0.39, 0.29) is 6.54 Å². The number of aliphatic hydroxyl groups excluding tert-OH is 1. The second kappa shape index (κ2) is 6.82. The van der Waals surface area contributed by atoms with Gasteiger partial charge in [-0.25, -0.2) is 4.68 Å². The molecule has 0 aliphatic carbocycles. The van der Waals surface area contributed by atoms with Gasteiger partial charge in [-0.3, -0.25) is 4.79 Å². The van der Waals surface area contributed by atoms with Gasteiger partial charge in [-0.15, -0.1) is 0 Å². The summed E-state index contributed by atoms with van der Waals surface area (Å²) < 4.78 is 1.84. The number of aromatic nitrogens is 2. The van der Waals surface area contributed by atoms with Crippen molar-refractivity contribution < 1.29 is 9.90 Å². The molecule has 1 amide bonds. The molecule has 0 radical (unpaired) electrons. The van der Waals surface area contributed by atoms with Gasteiger partial charge < -0.3 is 15.7 Å². The van der Waals surface area contributed by atoms with Crippen LogP contribution in [0.5, 0.6) is 0 Å². The Balaban J connectivity index is 1.93. The molecule has 0 bridgehead atoms. The van der Waals surface area contributed by atoms with Gasteiger partial charge in [0.25, 0.3) is 5.91 Å². The largest absolute Gasteiger partial charge is 0.382 e. The lowest BCUT2D eigenvalue weighted by atomic mass is 10.2. The number of aryl methyl sites for hydroxylation is 1. The molecule has 6 heteroatoms. The minimum atomic E-state index is -1.09. The number of fused-ring (bicyclic) bond motifs is 1. The van der Waals surface area contributed by atoms with Gasteiger partial charge in [0.05, 0.1) is 17.4 Å². The van der Waals surface area contributed by atoms with E-state index in [4.69, 9.17) is 0 Å². The van der Waals surface area contributed by atoms with Crippen LogP contribution in [0.1, 0.15) is 5.56 Å². The minimum absolute atomic E-state index is 0.204. The Morgan fingerprint density at radius 2 is 2.12 bits per heavy atom. The fourth-order valence-electron chi connectivity index (χ4n) is 2.57. The van der Waals surface area contributed by atoms with Crippen LogP contribution >= 0.6 is 0 Å². The zero-order chi connectivity index (χ0) is 17.1. The third kappa shape index (κ3) is 3.29. The molecule has 124 valence electrons. The van der Waals surface area contributed by atoms with Gasteiger partial charge >= 0.3 is 0 Å². The number of anilines is 1. The topological polar surface area (TPSA) is 79.2 Å². The van der Waals surface area contributed by atoms with E-state index < -0.39 is 12.0 Å². The first-order chi connectivity index (χ1) is 11.6. The Labute approximate surface area is 140 Å². The van der Waals surface area contributed by atoms with E-state index in [1.54, 1.807) is 19.3 Å². The monoisotopic (exact) mass is 324 g/mol. The number of nitrogens with zero attached hydrogens (tertiary/aromatic N) is 2. The van der Waals surface area contributed by atoms with Gasteiger partial charge in [-0.2, -0.15) is 5.10 Å². The highest BCUT2D eigenvalue weighted by atomic mass is 16.3. The van der Waals surface area contributed by atoms with Gasteiger partial charge in [0.2, 0.25) is 0 Å². The summed E-state index contributed by atoms with van der Waals surface area (Å²) in [5.74, 6) is -0.440. The molecule has 6 nitrogen and oxygen atoms in total. The number of benzene rings is 2. The summed E-state index contributed by atoms with van der Waals surface area (Å²) in [6.45, 7) is 2.24. The van der Waals surface area contributed by atoms with E-state index in [9.17, 15) is 9.90 Å². The van der Waals surface area contributed by atoms with Crippen molar-refractivity contribution in [2.75, 3.05) is 18.9 Å². The normalized spacial score (nSPS) is 12.3. The van der Waals surface area contributed by atoms with Crippen LogP contribution in [0.3, 0.4) is 0 Å². The highest BCUT2D eigenvalue weighted by Crippen LogP contribution is 2.22. The smallest absolute Gasteiger partial charge is 0.254 e. The number of carbonyl (C=O) groups excluding carboxylic acids is 1. The first kappa shape index (κ1) is 16.2. The van der Waals surface area contributed by atoms with Crippen LogP contribution in [0.2, 0.25) is 0 Å². The van der Waals surface area contributed by atoms with E-state index in [2.05, 4.69) is 15.7 Å². The molecule has 2 aromatic carbocycles. The summed E-state index contributed by atoms with van der Waals surface area (Å²) in [6.07, 6.45) is 0.700. The number of likely N-dealkylation sites (N-methyl/N-ethyl adjacent to an activating group) is 1. The Morgan fingerprint density at radius 3 is 2.88 bits per heavy atom. The number of hydrogen-bond donors (Lipinski definition) is 3.